The van der Waals surface area contributed by atoms with Gasteiger partial charge in [-0.1, -0.05) is 19.3 Å². The van der Waals surface area contributed by atoms with Gasteiger partial charge in [-0.05, 0) is 31.6 Å². The molecule has 2 aliphatic rings. The molecule has 2 amide bonds. The predicted octanol–water partition coefficient (Wildman–Crippen LogP) is 2.26. The third kappa shape index (κ3) is 3.12. The van der Waals surface area contributed by atoms with E-state index in [9.17, 15) is 10.1 Å². The summed E-state index contributed by atoms with van der Waals surface area (Å²) in [6.45, 7) is 1.68. The van der Waals surface area contributed by atoms with Crippen molar-refractivity contribution in [2.75, 3.05) is 13.1 Å². The first-order chi connectivity index (χ1) is 8.31. The number of amides is 2. The van der Waals surface area contributed by atoms with Crippen molar-refractivity contribution >= 4 is 6.03 Å². The van der Waals surface area contributed by atoms with Crippen LogP contribution in [-0.4, -0.2) is 30.1 Å². The number of hydrogen-bond donors (Lipinski definition) is 1. The van der Waals surface area contributed by atoms with Crippen molar-refractivity contribution in [3.05, 3.63) is 0 Å². The lowest BCUT2D eigenvalue weighted by Gasteiger charge is -2.28. The van der Waals surface area contributed by atoms with Crippen molar-refractivity contribution < 1.29 is 4.79 Å². The van der Waals surface area contributed by atoms with Gasteiger partial charge in [-0.15, -0.1) is 0 Å². The van der Waals surface area contributed by atoms with Crippen molar-refractivity contribution in [1.29, 1.82) is 5.26 Å². The third-order valence-corrected chi connectivity index (χ3v) is 3.93. The zero-order valence-electron chi connectivity index (χ0n) is 10.3. The van der Waals surface area contributed by atoms with Gasteiger partial charge in [0.05, 0.1) is 6.07 Å². The number of nitrogens with zero attached hydrogens (tertiary/aromatic N) is 2. The Bertz CT molecular complexity index is 298. The van der Waals surface area contributed by atoms with E-state index in [1.807, 2.05) is 4.90 Å². The SMILES string of the molecule is N#CC(NC(=O)N1CCCC1)C1CCCCC1. The van der Waals surface area contributed by atoms with Crippen molar-refractivity contribution in [3.8, 4) is 6.07 Å². The molecule has 0 bridgehead atoms. The fraction of sp³-hybridized carbons (Fsp3) is 0.846. The molecule has 1 atom stereocenters. The number of urea groups is 1. The van der Waals surface area contributed by atoms with Crippen LogP contribution in [0.2, 0.25) is 0 Å². The maximum Gasteiger partial charge on any atom is 0.318 e. The number of nitrogens with one attached hydrogen (secondary N) is 1. The van der Waals surface area contributed by atoms with Gasteiger partial charge < -0.3 is 10.2 Å². The van der Waals surface area contributed by atoms with Gasteiger partial charge in [-0.3, -0.25) is 0 Å². The molecule has 1 aliphatic heterocycles. The molecule has 2 fully saturated rings. The molecule has 0 spiro atoms. The summed E-state index contributed by atoms with van der Waals surface area (Å²) in [5.41, 5.74) is 0. The van der Waals surface area contributed by atoms with Crippen LogP contribution in [-0.2, 0) is 0 Å². The van der Waals surface area contributed by atoms with Crippen molar-refractivity contribution in [2.45, 2.75) is 51.0 Å². The summed E-state index contributed by atoms with van der Waals surface area (Å²) in [6, 6.07) is 1.94. The fourth-order valence-electron chi connectivity index (χ4n) is 2.87. The van der Waals surface area contributed by atoms with E-state index in [0.717, 1.165) is 38.8 Å². The van der Waals surface area contributed by atoms with Gasteiger partial charge in [0.15, 0.2) is 0 Å². The maximum atomic E-state index is 11.9. The Labute approximate surface area is 103 Å². The second-order valence-electron chi connectivity index (χ2n) is 5.15. The molecule has 4 nitrogen and oxygen atoms in total. The average molecular weight is 235 g/mol. The van der Waals surface area contributed by atoms with Crippen LogP contribution in [0.3, 0.4) is 0 Å². The van der Waals surface area contributed by atoms with Crippen LogP contribution < -0.4 is 5.32 Å². The molecular weight excluding hydrogens is 214 g/mol. The molecule has 0 aromatic carbocycles. The first-order valence-electron chi connectivity index (χ1n) is 6.76. The van der Waals surface area contributed by atoms with E-state index >= 15 is 0 Å². The minimum absolute atomic E-state index is 0.0420. The summed E-state index contributed by atoms with van der Waals surface area (Å²) in [7, 11) is 0. The molecule has 2 rings (SSSR count). The van der Waals surface area contributed by atoms with Crippen LogP contribution in [0.1, 0.15) is 44.9 Å². The Kier molecular flexibility index (Phi) is 4.24. The van der Waals surface area contributed by atoms with Gasteiger partial charge in [0, 0.05) is 13.1 Å². The molecule has 94 valence electrons. The Morgan fingerprint density at radius 3 is 2.41 bits per heavy atom. The normalized spacial score (nSPS) is 23.1. The number of rotatable bonds is 2. The highest BCUT2D eigenvalue weighted by atomic mass is 16.2. The largest absolute Gasteiger partial charge is 0.325 e. The van der Waals surface area contributed by atoms with Crippen molar-refractivity contribution in [1.82, 2.24) is 10.2 Å². The minimum Gasteiger partial charge on any atom is -0.325 e. The van der Waals surface area contributed by atoms with E-state index in [1.165, 1.54) is 19.3 Å². The number of carbonyl (C=O) groups excluding carboxylic acids is 1. The number of likely N-dealkylation sites (tertiary alicyclic amines) is 1. The van der Waals surface area contributed by atoms with Gasteiger partial charge >= 0.3 is 6.03 Å². The first-order valence-corrected chi connectivity index (χ1v) is 6.76. The van der Waals surface area contributed by atoms with Crippen LogP contribution in [0.25, 0.3) is 0 Å². The summed E-state index contributed by atoms with van der Waals surface area (Å²) >= 11 is 0. The van der Waals surface area contributed by atoms with Gasteiger partial charge in [0.1, 0.15) is 6.04 Å². The quantitative estimate of drug-likeness (QED) is 0.798. The zero-order valence-corrected chi connectivity index (χ0v) is 10.3. The van der Waals surface area contributed by atoms with Gasteiger partial charge in [0.25, 0.3) is 0 Å². The maximum absolute atomic E-state index is 11.9. The summed E-state index contributed by atoms with van der Waals surface area (Å²) in [4.78, 5) is 13.7. The fourth-order valence-corrected chi connectivity index (χ4v) is 2.87. The minimum atomic E-state index is -0.289. The van der Waals surface area contributed by atoms with E-state index < -0.39 is 0 Å². The van der Waals surface area contributed by atoms with E-state index in [0.29, 0.717) is 5.92 Å². The van der Waals surface area contributed by atoms with Crippen molar-refractivity contribution in [2.24, 2.45) is 5.92 Å². The van der Waals surface area contributed by atoms with Crippen LogP contribution in [0.4, 0.5) is 4.79 Å². The predicted molar refractivity (Wildman–Crippen MR) is 65.3 cm³/mol. The summed E-state index contributed by atoms with van der Waals surface area (Å²) in [6.07, 6.45) is 8.01. The molecule has 0 aromatic heterocycles. The van der Waals surface area contributed by atoms with E-state index in [-0.39, 0.29) is 12.1 Å². The zero-order chi connectivity index (χ0) is 12.1. The summed E-state index contributed by atoms with van der Waals surface area (Å²) in [5, 5.41) is 12.1. The van der Waals surface area contributed by atoms with Crippen molar-refractivity contribution in [3.63, 3.8) is 0 Å². The highest BCUT2D eigenvalue weighted by molar-refractivity contribution is 5.75. The van der Waals surface area contributed by atoms with Gasteiger partial charge in [0.2, 0.25) is 0 Å². The second-order valence-corrected chi connectivity index (χ2v) is 5.15. The number of hydrogen-bond acceptors (Lipinski definition) is 2. The van der Waals surface area contributed by atoms with Gasteiger partial charge in [-0.2, -0.15) is 5.26 Å². The Morgan fingerprint density at radius 1 is 1.18 bits per heavy atom. The smallest absolute Gasteiger partial charge is 0.318 e. The summed E-state index contributed by atoms with van der Waals surface area (Å²) < 4.78 is 0. The Morgan fingerprint density at radius 2 is 1.82 bits per heavy atom. The van der Waals surface area contributed by atoms with Crippen LogP contribution in [0.15, 0.2) is 0 Å². The highest BCUT2D eigenvalue weighted by Gasteiger charge is 2.27. The highest BCUT2D eigenvalue weighted by Crippen LogP contribution is 2.26. The lowest BCUT2D eigenvalue weighted by Crippen LogP contribution is -2.46. The Hall–Kier alpha value is -1.24. The van der Waals surface area contributed by atoms with E-state index in [4.69, 9.17) is 0 Å². The Balaban J connectivity index is 1.85. The summed E-state index contributed by atoms with van der Waals surface area (Å²) in [5.74, 6) is 0.361. The van der Waals surface area contributed by atoms with Gasteiger partial charge in [-0.25, -0.2) is 4.79 Å². The molecule has 0 aromatic rings. The topological polar surface area (TPSA) is 56.1 Å². The van der Waals surface area contributed by atoms with Crippen LogP contribution >= 0.6 is 0 Å². The molecule has 1 N–H and O–H groups in total. The lowest BCUT2D eigenvalue weighted by atomic mass is 9.84. The van der Waals surface area contributed by atoms with Crippen LogP contribution in [0.5, 0.6) is 0 Å². The molecule has 0 radical (unpaired) electrons. The standard InChI is InChI=1S/C13H21N3O/c14-10-12(11-6-2-1-3-7-11)15-13(17)16-8-4-5-9-16/h11-12H,1-9H2,(H,15,17). The number of carbonyl (C=O) groups is 1. The van der Waals surface area contributed by atoms with E-state index in [2.05, 4.69) is 11.4 Å². The second kappa shape index (κ2) is 5.90. The lowest BCUT2D eigenvalue weighted by molar-refractivity contribution is 0.199. The molecule has 1 saturated heterocycles. The first kappa shape index (κ1) is 12.2. The molecular formula is C13H21N3O. The third-order valence-electron chi connectivity index (χ3n) is 3.93. The average Bonchev–Trinajstić information content (AvgIpc) is 2.90. The monoisotopic (exact) mass is 235 g/mol. The number of nitriles is 1. The molecule has 1 unspecified atom stereocenters. The molecule has 1 heterocycles. The van der Waals surface area contributed by atoms with Crippen LogP contribution in [0, 0.1) is 17.2 Å². The molecule has 17 heavy (non-hydrogen) atoms. The molecule has 1 aliphatic carbocycles. The molecule has 1 saturated carbocycles. The van der Waals surface area contributed by atoms with E-state index in [1.54, 1.807) is 0 Å². The molecule has 4 heteroatoms.